The van der Waals surface area contributed by atoms with E-state index < -0.39 is 0 Å². The molecule has 0 spiro atoms. The molecule has 1 nitrogen and oxygen atoms in total. The van der Waals surface area contributed by atoms with Crippen LogP contribution in [0.1, 0.15) is 0 Å². The Balaban J connectivity index is 2.62. The van der Waals surface area contributed by atoms with E-state index >= 15 is 0 Å². The zero-order chi connectivity index (χ0) is 9.68. The minimum absolute atomic E-state index is 0.334. The fourth-order valence-electron chi connectivity index (χ4n) is 0.794. The summed E-state index contributed by atoms with van der Waals surface area (Å²) in [5.74, 6) is 0.356. The van der Waals surface area contributed by atoms with E-state index in [4.69, 9.17) is 18.2 Å². The van der Waals surface area contributed by atoms with Gasteiger partial charge < -0.3 is 4.85 Å². The van der Waals surface area contributed by atoms with Crippen molar-refractivity contribution in [2.24, 2.45) is 0 Å². The summed E-state index contributed by atoms with van der Waals surface area (Å²) in [7, 11) is 0. The maximum absolute atomic E-state index is 12.6. The Morgan fingerprint density at radius 2 is 2.31 bits per heavy atom. The maximum Gasteiger partial charge on any atom is 0.223 e. The van der Waals surface area contributed by atoms with Crippen molar-refractivity contribution in [1.82, 2.24) is 0 Å². The second-order valence-electron chi connectivity index (χ2n) is 2.30. The molecule has 0 fully saturated rings. The van der Waals surface area contributed by atoms with E-state index in [1.54, 1.807) is 6.07 Å². The molecule has 1 aromatic rings. The van der Waals surface area contributed by atoms with Gasteiger partial charge in [-0.15, -0.1) is 11.8 Å². The number of hydrogen-bond acceptors (Lipinski definition) is 1. The Bertz CT molecular complexity index is 335. The Morgan fingerprint density at radius 1 is 1.54 bits per heavy atom. The Hall–Kier alpha value is -0.720. The number of thioether (sulfide) groups is 1. The van der Waals surface area contributed by atoms with Crippen molar-refractivity contribution >= 4 is 23.4 Å². The predicted octanol–water partition coefficient (Wildman–Crippen LogP) is 3.49. The molecule has 13 heavy (non-hydrogen) atoms. The molecule has 0 atom stereocenters. The van der Waals surface area contributed by atoms with E-state index in [1.165, 1.54) is 23.9 Å². The number of nitrogens with zero attached hydrogens (tertiary/aromatic N) is 1. The molecule has 0 N–H and O–H groups in total. The molecule has 0 aliphatic heterocycles. The maximum atomic E-state index is 12.6. The molecule has 1 rings (SSSR count). The van der Waals surface area contributed by atoms with Gasteiger partial charge in [0.2, 0.25) is 6.54 Å². The molecule has 68 valence electrons. The smallest absolute Gasteiger partial charge is 0.223 e. The topological polar surface area (TPSA) is 4.36 Å². The molecule has 0 heterocycles. The Labute approximate surface area is 85.7 Å². The number of halogens is 2. The molecule has 0 aromatic heterocycles. The van der Waals surface area contributed by atoms with Gasteiger partial charge in [0.25, 0.3) is 0 Å². The van der Waals surface area contributed by atoms with E-state index in [0.29, 0.717) is 17.3 Å². The van der Waals surface area contributed by atoms with Crippen LogP contribution in [0.5, 0.6) is 0 Å². The zero-order valence-electron chi connectivity index (χ0n) is 6.76. The van der Waals surface area contributed by atoms with Crippen LogP contribution in [0.2, 0.25) is 5.02 Å². The van der Waals surface area contributed by atoms with Gasteiger partial charge in [-0.2, -0.15) is 0 Å². The van der Waals surface area contributed by atoms with E-state index in [2.05, 4.69) is 4.85 Å². The van der Waals surface area contributed by atoms with Crippen molar-refractivity contribution < 1.29 is 4.39 Å². The molecule has 0 radical (unpaired) electrons. The summed E-state index contributed by atoms with van der Waals surface area (Å²) in [5.41, 5.74) is 0. The molecule has 1 aromatic carbocycles. The van der Waals surface area contributed by atoms with Crippen molar-refractivity contribution in [2.75, 3.05) is 12.3 Å². The van der Waals surface area contributed by atoms with Gasteiger partial charge in [-0.1, -0.05) is 11.6 Å². The van der Waals surface area contributed by atoms with Gasteiger partial charge in [0, 0.05) is 4.90 Å². The Kier molecular flexibility index (Phi) is 4.07. The van der Waals surface area contributed by atoms with Crippen molar-refractivity contribution in [3.8, 4) is 0 Å². The molecule has 0 bridgehead atoms. The SMILES string of the molecule is [C-]#[N+]CCSc1ccc(F)cc1Cl. The predicted molar refractivity (Wildman–Crippen MR) is 53.6 cm³/mol. The highest BCUT2D eigenvalue weighted by Crippen LogP contribution is 2.27. The van der Waals surface area contributed by atoms with E-state index in [-0.39, 0.29) is 5.82 Å². The van der Waals surface area contributed by atoms with Crippen LogP contribution in [0, 0.1) is 12.4 Å². The van der Waals surface area contributed by atoms with Crippen LogP contribution >= 0.6 is 23.4 Å². The minimum atomic E-state index is -0.334. The van der Waals surface area contributed by atoms with Gasteiger partial charge in [-0.05, 0) is 18.2 Å². The summed E-state index contributed by atoms with van der Waals surface area (Å²) in [5, 5.41) is 0.412. The third-order valence-corrected chi connectivity index (χ3v) is 2.83. The minimum Gasteiger partial charge on any atom is -0.316 e. The van der Waals surface area contributed by atoms with Crippen LogP contribution in [0.15, 0.2) is 23.1 Å². The molecule has 0 unspecified atom stereocenters. The van der Waals surface area contributed by atoms with E-state index in [1.807, 2.05) is 0 Å². The second-order valence-corrected chi connectivity index (χ2v) is 3.85. The van der Waals surface area contributed by atoms with Gasteiger partial charge in [0.1, 0.15) is 5.82 Å². The first-order valence-corrected chi connectivity index (χ1v) is 5.01. The molecule has 0 saturated heterocycles. The molecule has 0 saturated carbocycles. The lowest BCUT2D eigenvalue weighted by atomic mass is 10.3. The average molecular weight is 216 g/mol. The van der Waals surface area contributed by atoms with Crippen molar-refractivity contribution in [3.63, 3.8) is 0 Å². The Morgan fingerprint density at radius 3 is 2.92 bits per heavy atom. The quantitative estimate of drug-likeness (QED) is 0.424. The van der Waals surface area contributed by atoms with E-state index in [9.17, 15) is 4.39 Å². The van der Waals surface area contributed by atoms with E-state index in [0.717, 1.165) is 4.90 Å². The molecule has 0 amide bonds. The van der Waals surface area contributed by atoms with Crippen molar-refractivity contribution in [1.29, 1.82) is 0 Å². The lowest BCUT2D eigenvalue weighted by Gasteiger charge is -2.00. The van der Waals surface area contributed by atoms with Crippen LogP contribution in [0.3, 0.4) is 0 Å². The molecule has 4 heteroatoms. The fraction of sp³-hybridized carbons (Fsp3) is 0.222. The largest absolute Gasteiger partial charge is 0.316 e. The summed E-state index contributed by atoms with van der Waals surface area (Å²) in [4.78, 5) is 4.04. The summed E-state index contributed by atoms with van der Waals surface area (Å²) >= 11 is 7.24. The average Bonchev–Trinajstić information content (AvgIpc) is 2.09. The van der Waals surface area contributed by atoms with Crippen LogP contribution in [0.25, 0.3) is 4.85 Å². The number of hydrogen-bond donors (Lipinski definition) is 0. The van der Waals surface area contributed by atoms with Gasteiger partial charge in [0.05, 0.1) is 10.8 Å². The first-order valence-electron chi connectivity index (χ1n) is 3.65. The summed E-state index contributed by atoms with van der Waals surface area (Å²) in [6.07, 6.45) is 0. The second kappa shape index (κ2) is 5.11. The summed E-state index contributed by atoms with van der Waals surface area (Å²) < 4.78 is 12.6. The molecule has 0 aliphatic carbocycles. The van der Waals surface area contributed by atoms with Gasteiger partial charge in [0.15, 0.2) is 0 Å². The lowest BCUT2D eigenvalue weighted by Crippen LogP contribution is -1.83. The fourth-order valence-corrected chi connectivity index (χ4v) is 1.89. The summed E-state index contributed by atoms with van der Waals surface area (Å²) in [6.45, 7) is 7.03. The number of benzene rings is 1. The summed E-state index contributed by atoms with van der Waals surface area (Å²) in [6, 6.07) is 4.28. The van der Waals surface area contributed by atoms with Crippen LogP contribution < -0.4 is 0 Å². The van der Waals surface area contributed by atoms with Crippen LogP contribution in [-0.4, -0.2) is 12.3 Å². The highest BCUT2D eigenvalue weighted by Gasteiger charge is 2.02. The number of rotatable bonds is 3. The van der Waals surface area contributed by atoms with Gasteiger partial charge in [-0.3, -0.25) is 0 Å². The highest BCUT2D eigenvalue weighted by molar-refractivity contribution is 7.99. The normalized spacial score (nSPS) is 9.62. The monoisotopic (exact) mass is 215 g/mol. The first kappa shape index (κ1) is 10.4. The lowest BCUT2D eigenvalue weighted by molar-refractivity contribution is 0.626. The first-order chi connectivity index (χ1) is 6.24. The van der Waals surface area contributed by atoms with Gasteiger partial charge >= 0.3 is 0 Å². The van der Waals surface area contributed by atoms with Crippen LogP contribution in [-0.2, 0) is 0 Å². The van der Waals surface area contributed by atoms with Crippen LogP contribution in [0.4, 0.5) is 4.39 Å². The van der Waals surface area contributed by atoms with Gasteiger partial charge in [-0.25, -0.2) is 11.0 Å². The molecule has 0 aliphatic rings. The van der Waals surface area contributed by atoms with Crippen molar-refractivity contribution in [3.05, 3.63) is 40.5 Å². The third kappa shape index (κ3) is 3.25. The third-order valence-electron chi connectivity index (χ3n) is 1.35. The molecular weight excluding hydrogens is 209 g/mol. The zero-order valence-corrected chi connectivity index (χ0v) is 8.33. The molecular formula is C9H7ClFNS. The highest BCUT2D eigenvalue weighted by atomic mass is 35.5. The van der Waals surface area contributed by atoms with Crippen molar-refractivity contribution in [2.45, 2.75) is 4.90 Å². The standard InChI is InChI=1S/C9H7ClFNS/c1-12-4-5-13-9-3-2-7(11)6-8(9)10/h2-3,6H,4-5H2.